The van der Waals surface area contributed by atoms with Crippen LogP contribution in [0.3, 0.4) is 0 Å². The molecule has 2 heterocycles. The van der Waals surface area contributed by atoms with Gasteiger partial charge in [0.15, 0.2) is 0 Å². The number of aliphatic carboxylic acids is 1. The Bertz CT molecular complexity index is 514. The fraction of sp³-hybridized carbons (Fsp3) is 0.750. The number of aromatic nitrogens is 2. The van der Waals surface area contributed by atoms with Gasteiger partial charge in [-0.1, -0.05) is 13.8 Å². The smallest absolute Gasteiger partial charge is 0.313 e. The number of imidazole rings is 1. The molecule has 22 heavy (non-hydrogen) atoms. The minimum atomic E-state index is -1.06. The maximum atomic E-state index is 11.9. The molecule has 6 nitrogen and oxygen atoms in total. The third-order valence-electron chi connectivity index (χ3n) is 4.74. The molecule has 124 valence electrons. The van der Waals surface area contributed by atoms with Gasteiger partial charge in [-0.25, -0.2) is 4.98 Å². The molecule has 1 fully saturated rings. The summed E-state index contributed by atoms with van der Waals surface area (Å²) in [4.78, 5) is 18.3. The SMILES string of the molecule is CC(C)CC[C@@]1(C(=O)O)CN(Cc2nccn2C)CC[C@H]1O. The lowest BCUT2D eigenvalue weighted by molar-refractivity contribution is -0.165. The number of carboxylic acid groups (broad SMARTS) is 1. The van der Waals surface area contributed by atoms with Crippen molar-refractivity contribution in [1.29, 1.82) is 0 Å². The molecule has 1 saturated heterocycles. The molecule has 2 rings (SSSR count). The van der Waals surface area contributed by atoms with Gasteiger partial charge in [-0.2, -0.15) is 0 Å². The van der Waals surface area contributed by atoms with Crippen LogP contribution >= 0.6 is 0 Å². The molecule has 1 aromatic rings. The van der Waals surface area contributed by atoms with Crippen molar-refractivity contribution in [2.24, 2.45) is 18.4 Å². The first-order chi connectivity index (χ1) is 10.3. The Hall–Kier alpha value is -1.40. The van der Waals surface area contributed by atoms with Crippen molar-refractivity contribution in [2.75, 3.05) is 13.1 Å². The highest BCUT2D eigenvalue weighted by Gasteiger charge is 2.48. The van der Waals surface area contributed by atoms with Gasteiger partial charge in [0.25, 0.3) is 0 Å². The number of carboxylic acids is 1. The van der Waals surface area contributed by atoms with Crippen LogP contribution < -0.4 is 0 Å². The summed E-state index contributed by atoms with van der Waals surface area (Å²) in [7, 11) is 1.93. The van der Waals surface area contributed by atoms with Crippen molar-refractivity contribution in [1.82, 2.24) is 14.5 Å². The zero-order valence-corrected chi connectivity index (χ0v) is 13.7. The average molecular weight is 309 g/mol. The molecule has 0 aromatic carbocycles. The molecular formula is C16H27N3O3. The van der Waals surface area contributed by atoms with Crippen LogP contribution in [0.25, 0.3) is 0 Å². The van der Waals surface area contributed by atoms with Gasteiger partial charge in [0.1, 0.15) is 11.2 Å². The van der Waals surface area contributed by atoms with E-state index < -0.39 is 17.5 Å². The van der Waals surface area contributed by atoms with E-state index in [1.165, 1.54) is 0 Å². The summed E-state index contributed by atoms with van der Waals surface area (Å²) in [5.74, 6) is 0.457. The third kappa shape index (κ3) is 3.50. The lowest BCUT2D eigenvalue weighted by Crippen LogP contribution is -2.55. The Kier molecular flexibility index (Phi) is 5.24. The molecule has 1 aliphatic heterocycles. The normalized spacial score (nSPS) is 26.5. The van der Waals surface area contributed by atoms with Crippen LogP contribution in [0.1, 0.15) is 38.9 Å². The molecule has 1 aromatic heterocycles. The van der Waals surface area contributed by atoms with Crippen LogP contribution in [-0.2, 0) is 18.4 Å². The average Bonchev–Trinajstić information content (AvgIpc) is 2.84. The summed E-state index contributed by atoms with van der Waals surface area (Å²) in [6.07, 6.45) is 4.67. The maximum absolute atomic E-state index is 11.9. The summed E-state index contributed by atoms with van der Waals surface area (Å²) < 4.78 is 1.95. The molecule has 2 N–H and O–H groups in total. The lowest BCUT2D eigenvalue weighted by Gasteiger charge is -2.43. The molecule has 0 bridgehead atoms. The van der Waals surface area contributed by atoms with Crippen LogP contribution in [0.4, 0.5) is 0 Å². The van der Waals surface area contributed by atoms with Crippen molar-refractivity contribution >= 4 is 5.97 Å². The minimum Gasteiger partial charge on any atom is -0.481 e. The summed E-state index contributed by atoms with van der Waals surface area (Å²) >= 11 is 0. The van der Waals surface area contributed by atoms with Crippen LogP contribution in [0.5, 0.6) is 0 Å². The Balaban J connectivity index is 2.13. The monoisotopic (exact) mass is 309 g/mol. The van der Waals surface area contributed by atoms with Gasteiger partial charge in [0, 0.05) is 32.5 Å². The Morgan fingerprint density at radius 1 is 1.55 bits per heavy atom. The molecule has 1 aliphatic rings. The Morgan fingerprint density at radius 2 is 2.27 bits per heavy atom. The lowest BCUT2D eigenvalue weighted by atomic mass is 9.73. The van der Waals surface area contributed by atoms with Gasteiger partial charge in [0.2, 0.25) is 0 Å². The van der Waals surface area contributed by atoms with E-state index in [2.05, 4.69) is 23.7 Å². The van der Waals surface area contributed by atoms with E-state index in [0.29, 0.717) is 38.4 Å². The number of piperidine rings is 1. The second-order valence-electron chi connectivity index (χ2n) is 6.86. The van der Waals surface area contributed by atoms with Gasteiger partial charge in [0.05, 0.1) is 12.6 Å². The van der Waals surface area contributed by atoms with Gasteiger partial charge in [-0.05, 0) is 25.2 Å². The number of carbonyl (C=O) groups is 1. The third-order valence-corrected chi connectivity index (χ3v) is 4.74. The summed E-state index contributed by atoms with van der Waals surface area (Å²) in [6.45, 7) is 5.85. The number of rotatable bonds is 6. The first-order valence-electron chi connectivity index (χ1n) is 7.95. The van der Waals surface area contributed by atoms with Crippen LogP contribution in [0, 0.1) is 11.3 Å². The number of hydrogen-bond donors (Lipinski definition) is 2. The van der Waals surface area contributed by atoms with Gasteiger partial charge in [-0.15, -0.1) is 0 Å². The van der Waals surface area contributed by atoms with E-state index >= 15 is 0 Å². The van der Waals surface area contributed by atoms with E-state index in [-0.39, 0.29) is 0 Å². The fourth-order valence-corrected chi connectivity index (χ4v) is 3.16. The number of aliphatic hydroxyl groups excluding tert-OH is 1. The van der Waals surface area contributed by atoms with Crippen molar-refractivity contribution in [3.05, 3.63) is 18.2 Å². The van der Waals surface area contributed by atoms with E-state index in [9.17, 15) is 15.0 Å². The molecule has 0 unspecified atom stereocenters. The Morgan fingerprint density at radius 3 is 2.82 bits per heavy atom. The highest BCUT2D eigenvalue weighted by atomic mass is 16.4. The molecule has 0 spiro atoms. The number of nitrogens with zero attached hydrogens (tertiary/aromatic N) is 3. The van der Waals surface area contributed by atoms with Crippen molar-refractivity contribution in [2.45, 2.75) is 45.8 Å². The fourth-order valence-electron chi connectivity index (χ4n) is 3.16. The van der Waals surface area contributed by atoms with Gasteiger partial charge < -0.3 is 14.8 Å². The first kappa shape index (κ1) is 17.0. The van der Waals surface area contributed by atoms with Crippen LogP contribution in [0.2, 0.25) is 0 Å². The van der Waals surface area contributed by atoms with E-state index in [1.807, 2.05) is 17.8 Å². The summed E-state index contributed by atoms with van der Waals surface area (Å²) in [6, 6.07) is 0. The standard InChI is InChI=1S/C16H27N3O3/c1-12(2)4-6-16(15(21)22)11-19(8-5-13(16)20)10-14-17-7-9-18(14)3/h7,9,12-13,20H,4-6,8,10-11H2,1-3H3,(H,21,22)/t13-,16-/m1/s1. The number of likely N-dealkylation sites (tertiary alicyclic amines) is 1. The van der Waals surface area contributed by atoms with Gasteiger partial charge in [-0.3, -0.25) is 9.69 Å². The quantitative estimate of drug-likeness (QED) is 0.832. The number of aliphatic hydroxyl groups is 1. The molecule has 6 heteroatoms. The van der Waals surface area contributed by atoms with Crippen molar-refractivity contribution in [3.63, 3.8) is 0 Å². The highest BCUT2D eigenvalue weighted by Crippen LogP contribution is 2.37. The van der Waals surface area contributed by atoms with E-state index in [1.54, 1.807) is 6.20 Å². The molecule has 2 atom stereocenters. The molecular weight excluding hydrogens is 282 g/mol. The largest absolute Gasteiger partial charge is 0.481 e. The molecule has 0 amide bonds. The Labute approximate surface area is 131 Å². The van der Waals surface area contributed by atoms with Gasteiger partial charge >= 0.3 is 5.97 Å². The topological polar surface area (TPSA) is 78.6 Å². The zero-order valence-electron chi connectivity index (χ0n) is 13.7. The van der Waals surface area contributed by atoms with E-state index in [0.717, 1.165) is 12.2 Å². The van der Waals surface area contributed by atoms with E-state index in [4.69, 9.17) is 0 Å². The van der Waals surface area contributed by atoms with Crippen LogP contribution in [-0.4, -0.2) is 49.8 Å². The minimum absolute atomic E-state index is 0.378. The van der Waals surface area contributed by atoms with Crippen molar-refractivity contribution in [3.8, 4) is 0 Å². The molecule has 0 saturated carbocycles. The van der Waals surface area contributed by atoms with Crippen molar-refractivity contribution < 1.29 is 15.0 Å². The second kappa shape index (κ2) is 6.79. The molecule has 0 aliphatic carbocycles. The zero-order chi connectivity index (χ0) is 16.3. The summed E-state index contributed by atoms with van der Waals surface area (Å²) in [5, 5.41) is 20.1. The summed E-state index contributed by atoms with van der Waals surface area (Å²) in [5.41, 5.74) is -1.06. The number of aryl methyl sites for hydroxylation is 1. The van der Waals surface area contributed by atoms with Crippen LogP contribution in [0.15, 0.2) is 12.4 Å². The first-order valence-corrected chi connectivity index (χ1v) is 7.95. The maximum Gasteiger partial charge on any atom is 0.313 e. The molecule has 0 radical (unpaired) electrons. The number of hydrogen-bond acceptors (Lipinski definition) is 4. The highest BCUT2D eigenvalue weighted by molar-refractivity contribution is 5.76. The predicted molar refractivity (Wildman–Crippen MR) is 83.2 cm³/mol. The second-order valence-corrected chi connectivity index (χ2v) is 6.86. The predicted octanol–water partition coefficient (Wildman–Crippen LogP) is 1.49.